The van der Waals surface area contributed by atoms with Gasteiger partial charge in [-0.3, -0.25) is 4.48 Å². The zero-order chi connectivity index (χ0) is 28.8. The Morgan fingerprint density at radius 2 is 0.974 bits per heavy atom. The van der Waals surface area contributed by atoms with Gasteiger partial charge in [-0.25, -0.2) is 9.59 Å². The van der Waals surface area contributed by atoms with Crippen LogP contribution in [-0.2, 0) is 14.4 Å². The van der Waals surface area contributed by atoms with Crippen molar-refractivity contribution < 1.29 is 34.2 Å². The van der Waals surface area contributed by atoms with E-state index in [0.29, 0.717) is 6.42 Å². The number of rotatable bonds is 26. The second-order valence-electron chi connectivity index (χ2n) is 10.8. The highest BCUT2D eigenvalue weighted by Gasteiger charge is 2.53. The zero-order valence-electron chi connectivity index (χ0n) is 24.8. The summed E-state index contributed by atoms with van der Waals surface area (Å²) in [6, 6.07) is -3.40. The third-order valence-electron chi connectivity index (χ3n) is 8.05. The number of unbranched alkanes of at least 4 members (excludes halogenated alkanes) is 13. The van der Waals surface area contributed by atoms with E-state index >= 15 is 0 Å². The minimum Gasteiger partial charge on any atom is -0.544 e. The van der Waals surface area contributed by atoms with Gasteiger partial charge in [0, 0.05) is 19.3 Å². The molecule has 0 bridgehead atoms. The van der Waals surface area contributed by atoms with Crippen LogP contribution in [0.15, 0.2) is 12.2 Å². The fourth-order valence-electron chi connectivity index (χ4n) is 6.07. The molecule has 7 nitrogen and oxygen atoms in total. The van der Waals surface area contributed by atoms with Gasteiger partial charge in [0.25, 0.3) is 0 Å². The van der Waals surface area contributed by atoms with Crippen molar-refractivity contribution in [1.82, 2.24) is 0 Å². The Morgan fingerprint density at radius 1 is 0.605 bits per heavy atom. The van der Waals surface area contributed by atoms with Crippen molar-refractivity contribution in [3.63, 3.8) is 0 Å². The van der Waals surface area contributed by atoms with E-state index < -0.39 is 40.5 Å². The fraction of sp³-hybridized carbons (Fsp3) is 0.839. The topological polar surface area (TPSA) is 115 Å². The lowest BCUT2D eigenvalue weighted by Crippen LogP contribution is -2.73. The molecule has 0 aromatic carbocycles. The molecule has 0 fully saturated rings. The normalized spacial score (nSPS) is 15.7. The smallest absolute Gasteiger partial charge is 0.362 e. The standard InChI is InChI=1S/C31H57NO6/c1-5-9-10-11-12-13-14-15-16-17-18-19-20-21-22-23-24-25-32(26(6-2)29(33)34,27(7-3)30(35)36)28(8-4)31(37)38/h18-19,26-28H,5-17,20-25H2,1-4H3,(H2-,33,34,35,36,37,38)/b19-18+. The van der Waals surface area contributed by atoms with E-state index in [0.717, 1.165) is 32.1 Å². The Morgan fingerprint density at radius 3 is 1.32 bits per heavy atom. The van der Waals surface area contributed by atoms with Crippen LogP contribution in [0, 0.1) is 0 Å². The van der Waals surface area contributed by atoms with Crippen LogP contribution >= 0.6 is 0 Å². The Labute approximate surface area is 232 Å². The summed E-state index contributed by atoms with van der Waals surface area (Å²) in [7, 11) is 0. The molecule has 0 aromatic heterocycles. The average molecular weight is 540 g/mol. The van der Waals surface area contributed by atoms with E-state index in [4.69, 9.17) is 0 Å². The summed E-state index contributed by atoms with van der Waals surface area (Å²) in [6.45, 7) is 7.49. The van der Waals surface area contributed by atoms with E-state index in [1.54, 1.807) is 20.8 Å². The second-order valence-corrected chi connectivity index (χ2v) is 10.8. The molecule has 222 valence electrons. The molecule has 0 saturated carbocycles. The first-order valence-corrected chi connectivity index (χ1v) is 15.4. The first kappa shape index (κ1) is 36.1. The molecular formula is C31H57NO6. The first-order valence-electron chi connectivity index (χ1n) is 15.4. The SMILES string of the molecule is CCCCCCCCCCC/C=C/CCCCCC[N+](C(CC)C(=O)[O-])(C(CC)C(=O)O)C(CC)C(=O)O. The number of quaternary nitrogens is 1. The summed E-state index contributed by atoms with van der Waals surface area (Å²) in [4.78, 5) is 36.6. The second kappa shape index (κ2) is 22.0. The average Bonchev–Trinajstić information content (AvgIpc) is 2.86. The number of allylic oxidation sites excluding steroid dienone is 2. The van der Waals surface area contributed by atoms with Gasteiger partial charge in [-0.1, -0.05) is 97.6 Å². The molecule has 0 aliphatic heterocycles. The summed E-state index contributed by atoms with van der Waals surface area (Å²) >= 11 is 0. The van der Waals surface area contributed by atoms with Gasteiger partial charge in [0.2, 0.25) is 0 Å². The third kappa shape index (κ3) is 12.8. The van der Waals surface area contributed by atoms with Crippen molar-refractivity contribution in [2.24, 2.45) is 0 Å². The number of carbonyl (C=O) groups excluding carboxylic acids is 1. The van der Waals surface area contributed by atoms with Crippen LogP contribution in [0.4, 0.5) is 0 Å². The van der Waals surface area contributed by atoms with Crippen LogP contribution in [0.25, 0.3) is 0 Å². The lowest BCUT2D eigenvalue weighted by molar-refractivity contribution is -0.974. The molecule has 7 heteroatoms. The molecule has 0 spiro atoms. The number of hydrogen-bond donors (Lipinski definition) is 2. The third-order valence-corrected chi connectivity index (χ3v) is 8.05. The van der Waals surface area contributed by atoms with Gasteiger partial charge in [0.05, 0.1) is 12.5 Å². The lowest BCUT2D eigenvalue weighted by atomic mass is 9.94. The maximum Gasteiger partial charge on any atom is 0.362 e. The van der Waals surface area contributed by atoms with Gasteiger partial charge in [0.1, 0.15) is 6.04 Å². The van der Waals surface area contributed by atoms with Crippen molar-refractivity contribution in [2.75, 3.05) is 6.54 Å². The van der Waals surface area contributed by atoms with Crippen LogP contribution in [0.1, 0.15) is 143 Å². The molecule has 3 atom stereocenters. The molecule has 0 aliphatic rings. The van der Waals surface area contributed by atoms with Gasteiger partial charge in [-0.2, -0.15) is 0 Å². The van der Waals surface area contributed by atoms with Crippen LogP contribution < -0.4 is 5.11 Å². The summed E-state index contributed by atoms with van der Waals surface area (Å²) in [5.74, 6) is -3.67. The molecule has 0 heterocycles. The van der Waals surface area contributed by atoms with Crippen LogP contribution in [0.5, 0.6) is 0 Å². The maximum absolute atomic E-state index is 12.2. The van der Waals surface area contributed by atoms with Crippen molar-refractivity contribution in [3.05, 3.63) is 12.2 Å². The van der Waals surface area contributed by atoms with Gasteiger partial charge in [-0.05, 0) is 38.5 Å². The number of carboxylic acid groups (broad SMARTS) is 3. The Balaban J connectivity index is 4.72. The van der Waals surface area contributed by atoms with E-state index in [-0.39, 0.29) is 25.8 Å². The molecule has 0 rings (SSSR count). The van der Waals surface area contributed by atoms with E-state index in [2.05, 4.69) is 19.1 Å². The maximum atomic E-state index is 12.2. The van der Waals surface area contributed by atoms with Gasteiger partial charge >= 0.3 is 11.9 Å². The van der Waals surface area contributed by atoms with Gasteiger partial charge in [0.15, 0.2) is 12.1 Å². The number of carboxylic acids is 3. The fourth-order valence-corrected chi connectivity index (χ4v) is 6.07. The number of nitrogens with zero attached hydrogens (tertiary/aromatic N) is 1. The lowest BCUT2D eigenvalue weighted by Gasteiger charge is -2.51. The van der Waals surface area contributed by atoms with Crippen molar-refractivity contribution in [3.8, 4) is 0 Å². The Hall–Kier alpha value is -1.89. The Kier molecular flexibility index (Phi) is 20.9. The van der Waals surface area contributed by atoms with Crippen LogP contribution in [0.2, 0.25) is 0 Å². The minimum absolute atomic E-state index is 0.125. The van der Waals surface area contributed by atoms with Gasteiger partial charge in [-0.15, -0.1) is 0 Å². The van der Waals surface area contributed by atoms with E-state index in [1.807, 2.05) is 0 Å². The molecule has 0 aliphatic carbocycles. The molecule has 0 radical (unpaired) electrons. The summed E-state index contributed by atoms with van der Waals surface area (Å²) in [6.07, 6.45) is 22.4. The molecule has 0 amide bonds. The number of aliphatic carboxylic acids is 3. The highest BCUT2D eigenvalue weighted by atomic mass is 16.4. The highest BCUT2D eigenvalue weighted by Crippen LogP contribution is 2.32. The monoisotopic (exact) mass is 539 g/mol. The zero-order valence-corrected chi connectivity index (χ0v) is 24.8. The van der Waals surface area contributed by atoms with Crippen molar-refractivity contribution >= 4 is 17.9 Å². The van der Waals surface area contributed by atoms with Gasteiger partial charge < -0.3 is 20.1 Å². The molecule has 3 unspecified atom stereocenters. The molecule has 0 saturated heterocycles. The predicted octanol–water partition coefficient (Wildman–Crippen LogP) is 6.49. The summed E-state index contributed by atoms with van der Waals surface area (Å²) in [5, 5.41) is 32.1. The van der Waals surface area contributed by atoms with Crippen LogP contribution in [-0.4, -0.2) is 57.3 Å². The summed E-state index contributed by atoms with van der Waals surface area (Å²) < 4.78 is -0.477. The molecular weight excluding hydrogens is 482 g/mol. The summed E-state index contributed by atoms with van der Waals surface area (Å²) in [5.41, 5.74) is 0. The first-order chi connectivity index (χ1) is 18.2. The van der Waals surface area contributed by atoms with Crippen LogP contribution in [0.3, 0.4) is 0 Å². The minimum atomic E-state index is -1.37. The predicted molar refractivity (Wildman–Crippen MR) is 152 cm³/mol. The largest absolute Gasteiger partial charge is 0.544 e. The molecule has 2 N–H and O–H groups in total. The van der Waals surface area contributed by atoms with E-state index in [9.17, 15) is 29.7 Å². The molecule has 38 heavy (non-hydrogen) atoms. The number of carbonyl (C=O) groups is 3. The van der Waals surface area contributed by atoms with E-state index in [1.165, 1.54) is 57.8 Å². The molecule has 0 aromatic rings. The number of hydrogen-bond acceptors (Lipinski definition) is 4. The quantitative estimate of drug-likeness (QED) is 0.0738. The van der Waals surface area contributed by atoms with Crippen molar-refractivity contribution in [1.29, 1.82) is 0 Å². The van der Waals surface area contributed by atoms with Crippen molar-refractivity contribution in [2.45, 2.75) is 161 Å². The Bertz CT molecular complexity index is 622. The highest BCUT2D eigenvalue weighted by molar-refractivity contribution is 5.77.